The van der Waals surface area contributed by atoms with Crippen molar-refractivity contribution in [3.8, 4) is 0 Å². The molecule has 1 aromatic carbocycles. The highest BCUT2D eigenvalue weighted by molar-refractivity contribution is 7.89. The standard InChI is InChI=1S/C20H22F2N6O4S/c21-14-2-3-15(22)16(10-14)33(30,31)28-7-4-13(5-8-28)20(29)32-9-1-6-27-12-26-17-18(23)24-11-25-19(17)27/h2-3,10-13H,1,4-9H2,(H2,23,24,25). The molecular formula is C20H22F2N6O4S. The molecule has 0 aliphatic carbocycles. The topological polar surface area (TPSA) is 133 Å². The second-order valence-electron chi connectivity index (χ2n) is 7.64. The molecule has 0 radical (unpaired) electrons. The maximum Gasteiger partial charge on any atom is 0.309 e. The van der Waals surface area contributed by atoms with Crippen molar-refractivity contribution >= 4 is 33.0 Å². The Balaban J connectivity index is 1.26. The number of nitrogen functional groups attached to an aromatic ring is 1. The van der Waals surface area contributed by atoms with Crippen LogP contribution >= 0.6 is 0 Å². The molecule has 0 amide bonds. The number of carbonyl (C=O) groups is 1. The van der Waals surface area contributed by atoms with E-state index in [0.29, 0.717) is 36.0 Å². The summed E-state index contributed by atoms with van der Waals surface area (Å²) in [4.78, 5) is 23.9. The summed E-state index contributed by atoms with van der Waals surface area (Å²) in [5.74, 6) is -2.44. The summed E-state index contributed by atoms with van der Waals surface area (Å²) in [5.41, 5.74) is 6.86. The van der Waals surface area contributed by atoms with Crippen molar-refractivity contribution in [2.75, 3.05) is 25.4 Å². The van der Waals surface area contributed by atoms with Crippen LogP contribution in [0.2, 0.25) is 0 Å². The number of rotatable bonds is 7. The fraction of sp³-hybridized carbons (Fsp3) is 0.400. The molecule has 13 heteroatoms. The Morgan fingerprint density at radius 3 is 2.70 bits per heavy atom. The van der Waals surface area contributed by atoms with Gasteiger partial charge in [0.25, 0.3) is 0 Å². The second-order valence-corrected chi connectivity index (χ2v) is 9.55. The van der Waals surface area contributed by atoms with E-state index in [9.17, 15) is 22.0 Å². The van der Waals surface area contributed by atoms with Crippen molar-refractivity contribution in [1.29, 1.82) is 0 Å². The van der Waals surface area contributed by atoms with Gasteiger partial charge in [-0.1, -0.05) is 0 Å². The Bertz CT molecular complexity index is 1270. The SMILES string of the molecule is Nc1ncnc2c1ncn2CCCOC(=O)C1CCN(S(=O)(=O)c2cc(F)ccc2F)CC1. The molecule has 3 aromatic rings. The number of nitrogens with zero attached hydrogens (tertiary/aromatic N) is 5. The zero-order valence-electron chi connectivity index (χ0n) is 17.5. The summed E-state index contributed by atoms with van der Waals surface area (Å²) in [6, 6.07) is 2.30. The van der Waals surface area contributed by atoms with Gasteiger partial charge in [-0.2, -0.15) is 4.31 Å². The molecule has 0 unspecified atom stereocenters. The average molecular weight is 480 g/mol. The van der Waals surface area contributed by atoms with Crippen molar-refractivity contribution in [2.24, 2.45) is 5.92 Å². The number of fused-ring (bicyclic) bond motifs is 1. The predicted molar refractivity (Wildman–Crippen MR) is 113 cm³/mol. The largest absolute Gasteiger partial charge is 0.465 e. The Morgan fingerprint density at radius 1 is 1.18 bits per heavy atom. The Kier molecular flexibility index (Phi) is 6.51. The third kappa shape index (κ3) is 4.78. The van der Waals surface area contributed by atoms with Crippen molar-refractivity contribution in [2.45, 2.75) is 30.7 Å². The predicted octanol–water partition coefficient (Wildman–Crippen LogP) is 1.72. The van der Waals surface area contributed by atoms with Gasteiger partial charge in [-0.3, -0.25) is 4.79 Å². The molecule has 3 heterocycles. The van der Waals surface area contributed by atoms with Crippen LogP contribution < -0.4 is 5.73 Å². The highest BCUT2D eigenvalue weighted by Gasteiger charge is 2.34. The number of aromatic nitrogens is 4. The lowest BCUT2D eigenvalue weighted by Gasteiger charge is -2.30. The molecule has 1 aliphatic heterocycles. The van der Waals surface area contributed by atoms with E-state index in [4.69, 9.17) is 10.5 Å². The molecule has 0 saturated carbocycles. The number of hydrogen-bond donors (Lipinski definition) is 1. The summed E-state index contributed by atoms with van der Waals surface area (Å²) in [5, 5.41) is 0. The van der Waals surface area contributed by atoms with Gasteiger partial charge >= 0.3 is 5.97 Å². The summed E-state index contributed by atoms with van der Waals surface area (Å²) in [7, 11) is -4.19. The van der Waals surface area contributed by atoms with E-state index in [0.717, 1.165) is 16.4 Å². The molecule has 176 valence electrons. The van der Waals surface area contributed by atoms with E-state index in [1.54, 1.807) is 10.9 Å². The van der Waals surface area contributed by atoms with Crippen LogP contribution in [0.15, 0.2) is 35.7 Å². The van der Waals surface area contributed by atoms with Gasteiger partial charge in [0, 0.05) is 19.6 Å². The third-order valence-corrected chi connectivity index (χ3v) is 7.43. The number of carbonyl (C=O) groups excluding carboxylic acids is 1. The van der Waals surface area contributed by atoms with E-state index in [1.165, 1.54) is 6.33 Å². The molecular weight excluding hydrogens is 458 g/mol. The van der Waals surface area contributed by atoms with E-state index >= 15 is 0 Å². The number of esters is 1. The Labute approximate surface area is 188 Å². The van der Waals surface area contributed by atoms with E-state index in [-0.39, 0.29) is 32.5 Å². The van der Waals surface area contributed by atoms with Gasteiger partial charge < -0.3 is 15.0 Å². The van der Waals surface area contributed by atoms with E-state index in [1.807, 2.05) is 0 Å². The van der Waals surface area contributed by atoms with Crippen LogP contribution in [0.1, 0.15) is 19.3 Å². The molecule has 2 aromatic heterocycles. The summed E-state index contributed by atoms with van der Waals surface area (Å²) < 4.78 is 60.9. The average Bonchev–Trinajstić information content (AvgIpc) is 3.22. The van der Waals surface area contributed by atoms with Crippen LogP contribution in [0.5, 0.6) is 0 Å². The molecule has 0 bridgehead atoms. The fourth-order valence-electron chi connectivity index (χ4n) is 3.73. The van der Waals surface area contributed by atoms with Gasteiger partial charge in [0.15, 0.2) is 11.5 Å². The molecule has 1 aliphatic rings. The molecule has 2 N–H and O–H groups in total. The first-order chi connectivity index (χ1) is 15.8. The van der Waals surface area contributed by atoms with Crippen molar-refractivity contribution in [1.82, 2.24) is 23.8 Å². The molecule has 0 spiro atoms. The van der Waals surface area contributed by atoms with Crippen LogP contribution in [-0.4, -0.2) is 57.9 Å². The van der Waals surface area contributed by atoms with E-state index in [2.05, 4.69) is 15.0 Å². The number of aryl methyl sites for hydroxylation is 1. The molecule has 1 saturated heterocycles. The number of hydrogen-bond acceptors (Lipinski definition) is 8. The highest BCUT2D eigenvalue weighted by atomic mass is 32.2. The molecule has 33 heavy (non-hydrogen) atoms. The van der Waals surface area contributed by atoms with Crippen molar-refractivity contribution < 1.29 is 26.7 Å². The first-order valence-corrected chi connectivity index (χ1v) is 11.7. The molecule has 0 atom stereocenters. The smallest absolute Gasteiger partial charge is 0.309 e. The van der Waals surface area contributed by atoms with Gasteiger partial charge in [0.1, 0.15) is 28.4 Å². The van der Waals surface area contributed by atoms with Crippen molar-refractivity contribution in [3.63, 3.8) is 0 Å². The number of nitrogens with two attached hydrogens (primary N) is 1. The number of sulfonamides is 1. The van der Waals surface area contributed by atoms with Crippen LogP contribution in [-0.2, 0) is 26.1 Å². The minimum absolute atomic E-state index is 0.0141. The third-order valence-electron chi connectivity index (χ3n) is 5.52. The number of halogens is 2. The van der Waals surface area contributed by atoms with Gasteiger partial charge in [-0.25, -0.2) is 32.2 Å². The summed E-state index contributed by atoms with van der Waals surface area (Å²) >= 11 is 0. The van der Waals surface area contributed by atoms with E-state index < -0.39 is 38.4 Å². The second kappa shape index (κ2) is 9.35. The van der Waals surface area contributed by atoms with Gasteiger partial charge in [0.05, 0.1) is 18.9 Å². The zero-order chi connectivity index (χ0) is 23.6. The number of ether oxygens (including phenoxy) is 1. The summed E-state index contributed by atoms with van der Waals surface area (Å²) in [6.45, 7) is 0.711. The lowest BCUT2D eigenvalue weighted by atomic mass is 9.98. The lowest BCUT2D eigenvalue weighted by molar-refractivity contribution is -0.150. The molecule has 1 fully saturated rings. The molecule has 10 nitrogen and oxygen atoms in total. The lowest BCUT2D eigenvalue weighted by Crippen LogP contribution is -2.41. The quantitative estimate of drug-likeness (QED) is 0.399. The van der Waals surface area contributed by atoms with Gasteiger partial charge in [-0.15, -0.1) is 0 Å². The van der Waals surface area contributed by atoms with Crippen LogP contribution in [0, 0.1) is 17.6 Å². The first kappa shape index (κ1) is 23.0. The fourth-order valence-corrected chi connectivity index (χ4v) is 5.28. The van der Waals surface area contributed by atoms with Gasteiger partial charge in [0.2, 0.25) is 10.0 Å². The number of benzene rings is 1. The number of piperidine rings is 1. The van der Waals surface area contributed by atoms with Crippen molar-refractivity contribution in [3.05, 3.63) is 42.5 Å². The number of imidazole rings is 1. The minimum Gasteiger partial charge on any atom is -0.465 e. The monoisotopic (exact) mass is 480 g/mol. The molecule has 4 rings (SSSR count). The first-order valence-electron chi connectivity index (χ1n) is 10.3. The normalized spacial score (nSPS) is 15.7. The zero-order valence-corrected chi connectivity index (χ0v) is 18.3. The van der Waals surface area contributed by atoms with Crippen LogP contribution in [0.25, 0.3) is 11.2 Å². The Morgan fingerprint density at radius 2 is 1.94 bits per heavy atom. The maximum atomic E-state index is 13.9. The van der Waals surface area contributed by atoms with Crippen LogP contribution in [0.4, 0.5) is 14.6 Å². The highest BCUT2D eigenvalue weighted by Crippen LogP contribution is 2.26. The maximum absolute atomic E-state index is 13.9. The van der Waals surface area contributed by atoms with Gasteiger partial charge in [-0.05, 0) is 37.5 Å². The number of anilines is 1. The summed E-state index contributed by atoms with van der Waals surface area (Å²) in [6.07, 6.45) is 3.93. The Hall–Kier alpha value is -3.19. The minimum atomic E-state index is -4.19. The van der Waals surface area contributed by atoms with Crippen LogP contribution in [0.3, 0.4) is 0 Å².